The second-order valence-electron chi connectivity index (χ2n) is 5.46. The number of likely N-dealkylation sites (tertiary alicyclic amines) is 2. The molecule has 0 N–H and O–H groups in total. The molecule has 0 unspecified atom stereocenters. The number of hydroxylamine groups is 6. The van der Waals surface area contributed by atoms with Crippen molar-refractivity contribution in [3.63, 3.8) is 0 Å². The molecule has 0 spiro atoms. The Kier molecular flexibility index (Phi) is 5.86. The normalized spacial score (nSPS) is 25.4. The van der Waals surface area contributed by atoms with E-state index in [0.29, 0.717) is 0 Å². The summed E-state index contributed by atoms with van der Waals surface area (Å²) in [5.41, 5.74) is 0. The Bertz CT molecular complexity index is 209. The first kappa shape index (κ1) is 14.9. The number of quaternary nitrogens is 2. The van der Waals surface area contributed by atoms with Gasteiger partial charge >= 0.3 is 0 Å². The zero-order chi connectivity index (χ0) is 12.8. The van der Waals surface area contributed by atoms with E-state index in [4.69, 9.17) is 0 Å². The lowest BCUT2D eigenvalue weighted by atomic mass is 10.4. The Balaban J connectivity index is 0.000000171. The van der Waals surface area contributed by atoms with Crippen molar-refractivity contribution in [2.45, 2.75) is 46.0 Å². The molecular formula is C13H28N2O2. The van der Waals surface area contributed by atoms with Crippen LogP contribution in [-0.4, -0.2) is 48.6 Å². The van der Waals surface area contributed by atoms with E-state index in [1.54, 1.807) is 0 Å². The summed E-state index contributed by atoms with van der Waals surface area (Å²) in [4.78, 5) is 0. The highest BCUT2D eigenvalue weighted by Gasteiger charge is 2.20. The third-order valence-corrected chi connectivity index (χ3v) is 3.97. The van der Waals surface area contributed by atoms with Gasteiger partial charge in [0, 0.05) is 25.7 Å². The van der Waals surface area contributed by atoms with Gasteiger partial charge < -0.3 is 19.7 Å². The highest BCUT2D eigenvalue weighted by atomic mass is 16.5. The molecule has 0 saturated carbocycles. The predicted molar refractivity (Wildman–Crippen MR) is 70.9 cm³/mol. The van der Waals surface area contributed by atoms with Crippen LogP contribution in [0.3, 0.4) is 0 Å². The molecule has 2 aliphatic heterocycles. The minimum atomic E-state index is 0.0694. The van der Waals surface area contributed by atoms with Crippen molar-refractivity contribution in [2.24, 2.45) is 0 Å². The molecule has 4 nitrogen and oxygen atoms in total. The number of nitrogens with zero attached hydrogens (tertiary/aromatic N) is 2. The van der Waals surface area contributed by atoms with Crippen molar-refractivity contribution >= 4 is 0 Å². The topological polar surface area (TPSA) is 46.1 Å². The van der Waals surface area contributed by atoms with Crippen LogP contribution in [0, 0.1) is 10.4 Å². The van der Waals surface area contributed by atoms with Gasteiger partial charge in [-0.3, -0.25) is 0 Å². The average Bonchev–Trinajstić information content (AvgIpc) is 2.90. The summed E-state index contributed by atoms with van der Waals surface area (Å²) < 4.78 is 0.163. The molecule has 0 aromatic heterocycles. The maximum absolute atomic E-state index is 11.4. The van der Waals surface area contributed by atoms with Crippen LogP contribution in [-0.2, 0) is 0 Å². The molecule has 17 heavy (non-hydrogen) atoms. The highest BCUT2D eigenvalue weighted by Crippen LogP contribution is 2.17. The summed E-state index contributed by atoms with van der Waals surface area (Å²) in [5.74, 6) is 0. The van der Waals surface area contributed by atoms with Gasteiger partial charge in [-0.25, -0.2) is 0 Å². The molecule has 0 atom stereocenters. The lowest BCUT2D eigenvalue weighted by Gasteiger charge is -2.38. The van der Waals surface area contributed by atoms with Gasteiger partial charge in [0.2, 0.25) is 0 Å². The van der Waals surface area contributed by atoms with Crippen molar-refractivity contribution in [2.75, 3.05) is 39.3 Å². The summed E-state index contributed by atoms with van der Waals surface area (Å²) in [6.45, 7) is 9.10. The maximum atomic E-state index is 11.4. The van der Waals surface area contributed by atoms with Crippen LogP contribution in [0.5, 0.6) is 0 Å². The van der Waals surface area contributed by atoms with Crippen LogP contribution >= 0.6 is 0 Å². The predicted octanol–water partition coefficient (Wildman–Crippen LogP) is 2.62. The van der Waals surface area contributed by atoms with E-state index in [0.717, 1.165) is 71.4 Å². The van der Waals surface area contributed by atoms with Gasteiger partial charge in [-0.15, -0.1) is 0 Å². The van der Waals surface area contributed by atoms with Crippen LogP contribution in [0.1, 0.15) is 46.0 Å². The van der Waals surface area contributed by atoms with Crippen LogP contribution < -0.4 is 0 Å². The third-order valence-electron chi connectivity index (χ3n) is 3.97. The second kappa shape index (κ2) is 6.69. The fourth-order valence-electron chi connectivity index (χ4n) is 2.77. The molecule has 2 rings (SSSR count). The average molecular weight is 244 g/mol. The maximum Gasteiger partial charge on any atom is 0.0786 e. The molecule has 0 radical (unpaired) electrons. The van der Waals surface area contributed by atoms with Gasteiger partial charge in [-0.2, -0.15) is 0 Å². The quantitative estimate of drug-likeness (QED) is 0.566. The summed E-state index contributed by atoms with van der Waals surface area (Å²) in [7, 11) is 0. The van der Waals surface area contributed by atoms with Crippen LogP contribution in [0.25, 0.3) is 0 Å². The van der Waals surface area contributed by atoms with E-state index in [1.807, 2.05) is 6.92 Å². The van der Waals surface area contributed by atoms with E-state index in [2.05, 4.69) is 6.92 Å². The minimum absolute atomic E-state index is 0.0694. The lowest BCUT2D eigenvalue weighted by Crippen LogP contribution is -2.39. The van der Waals surface area contributed by atoms with Crippen molar-refractivity contribution in [3.8, 4) is 0 Å². The van der Waals surface area contributed by atoms with Gasteiger partial charge in [0.05, 0.1) is 39.3 Å². The molecule has 0 aliphatic carbocycles. The number of rotatable bonds is 3. The smallest absolute Gasteiger partial charge is 0.0786 e. The SMILES string of the molecule is CCC[N+]1([O-])CCCC1.CC[N+]1([O-])CCCC1. The number of hydrogen-bond donors (Lipinski definition) is 0. The van der Waals surface area contributed by atoms with Crippen molar-refractivity contribution < 1.29 is 9.29 Å². The summed E-state index contributed by atoms with van der Waals surface area (Å²) in [6, 6.07) is 0. The molecule has 2 heterocycles. The molecule has 2 fully saturated rings. The van der Waals surface area contributed by atoms with E-state index in [-0.39, 0.29) is 9.29 Å². The summed E-state index contributed by atoms with van der Waals surface area (Å²) in [5, 5.41) is 22.6. The fraction of sp³-hybridized carbons (Fsp3) is 1.00. The molecule has 0 aromatic carbocycles. The molecule has 2 saturated heterocycles. The van der Waals surface area contributed by atoms with Gasteiger partial charge in [0.15, 0.2) is 0 Å². The molecule has 0 aromatic rings. The van der Waals surface area contributed by atoms with Crippen molar-refractivity contribution in [3.05, 3.63) is 10.4 Å². The largest absolute Gasteiger partial charge is 0.633 e. The molecular weight excluding hydrogens is 216 g/mol. The first-order valence-corrected chi connectivity index (χ1v) is 7.18. The highest BCUT2D eigenvalue weighted by molar-refractivity contribution is 4.54. The number of hydrogen-bond acceptors (Lipinski definition) is 2. The second-order valence-corrected chi connectivity index (χ2v) is 5.46. The van der Waals surface area contributed by atoms with E-state index >= 15 is 0 Å². The van der Waals surface area contributed by atoms with Gasteiger partial charge in [0.25, 0.3) is 0 Å². The summed E-state index contributed by atoms with van der Waals surface area (Å²) in [6.07, 6.45) is 5.59. The standard InChI is InChI=1S/C7H15NO.C6H13NO/c1-2-5-8(9)6-3-4-7-8;1-2-7(8)5-3-4-6-7/h2-7H2,1H3;2-6H2,1H3. The fourth-order valence-corrected chi connectivity index (χ4v) is 2.77. The van der Waals surface area contributed by atoms with E-state index in [1.165, 1.54) is 0 Å². The van der Waals surface area contributed by atoms with Crippen LogP contribution in [0.4, 0.5) is 0 Å². The Morgan fingerprint density at radius 2 is 1.18 bits per heavy atom. The Morgan fingerprint density at radius 3 is 1.47 bits per heavy atom. The molecule has 0 bridgehead atoms. The van der Waals surface area contributed by atoms with Crippen LogP contribution in [0.2, 0.25) is 0 Å². The van der Waals surface area contributed by atoms with Crippen LogP contribution in [0.15, 0.2) is 0 Å². The molecule has 2 aliphatic rings. The molecule has 0 amide bonds. The van der Waals surface area contributed by atoms with E-state index in [9.17, 15) is 10.4 Å². The minimum Gasteiger partial charge on any atom is -0.633 e. The Labute approximate surface area is 106 Å². The first-order chi connectivity index (χ1) is 8.04. The summed E-state index contributed by atoms with van der Waals surface area (Å²) >= 11 is 0. The molecule has 4 heteroatoms. The van der Waals surface area contributed by atoms with Crippen molar-refractivity contribution in [1.82, 2.24) is 0 Å². The van der Waals surface area contributed by atoms with Gasteiger partial charge in [0.1, 0.15) is 0 Å². The lowest BCUT2D eigenvalue weighted by molar-refractivity contribution is -0.868. The Morgan fingerprint density at radius 1 is 0.765 bits per heavy atom. The van der Waals surface area contributed by atoms with E-state index < -0.39 is 0 Å². The third kappa shape index (κ3) is 4.92. The Hall–Kier alpha value is -0.160. The zero-order valence-electron chi connectivity index (χ0n) is 11.5. The monoisotopic (exact) mass is 244 g/mol. The first-order valence-electron chi connectivity index (χ1n) is 7.18. The van der Waals surface area contributed by atoms with Gasteiger partial charge in [-0.1, -0.05) is 6.92 Å². The van der Waals surface area contributed by atoms with Gasteiger partial charge in [-0.05, 0) is 13.3 Å². The van der Waals surface area contributed by atoms with Crippen molar-refractivity contribution in [1.29, 1.82) is 0 Å². The zero-order valence-corrected chi connectivity index (χ0v) is 11.5. The molecule has 102 valence electrons.